The van der Waals surface area contributed by atoms with Crippen molar-refractivity contribution in [3.8, 4) is 0 Å². The molecule has 1 unspecified atom stereocenters. The number of hydrogen-bond acceptors (Lipinski definition) is 5. The van der Waals surface area contributed by atoms with Gasteiger partial charge in [-0.25, -0.2) is 4.98 Å². The van der Waals surface area contributed by atoms with Crippen molar-refractivity contribution in [1.82, 2.24) is 4.98 Å². The van der Waals surface area contributed by atoms with E-state index >= 15 is 0 Å². The fourth-order valence-corrected chi connectivity index (χ4v) is 1.75. The van der Waals surface area contributed by atoms with Gasteiger partial charge in [0.05, 0.1) is 4.92 Å². The molecule has 0 radical (unpaired) electrons. The first kappa shape index (κ1) is 12.7. The van der Waals surface area contributed by atoms with Gasteiger partial charge in [0, 0.05) is 31.4 Å². The van der Waals surface area contributed by atoms with Gasteiger partial charge in [-0.3, -0.25) is 10.1 Å². The van der Waals surface area contributed by atoms with Crippen LogP contribution in [0.15, 0.2) is 18.3 Å². The van der Waals surface area contributed by atoms with Crippen molar-refractivity contribution in [3.63, 3.8) is 0 Å². The molecule has 2 heterocycles. The van der Waals surface area contributed by atoms with Gasteiger partial charge in [-0.15, -0.1) is 12.4 Å². The van der Waals surface area contributed by atoms with E-state index in [0.717, 1.165) is 13.0 Å². The molecule has 0 spiro atoms. The van der Waals surface area contributed by atoms with Gasteiger partial charge < -0.3 is 10.6 Å². The molecule has 0 saturated carbocycles. The third-order valence-corrected chi connectivity index (χ3v) is 2.49. The van der Waals surface area contributed by atoms with Crippen molar-refractivity contribution in [2.45, 2.75) is 12.5 Å². The lowest BCUT2D eigenvalue weighted by Crippen LogP contribution is -2.27. The van der Waals surface area contributed by atoms with E-state index < -0.39 is 4.92 Å². The number of halogens is 1. The molecule has 1 aliphatic heterocycles. The maximum absolute atomic E-state index is 10.8. The minimum Gasteiger partial charge on any atom is -0.349 e. The van der Waals surface area contributed by atoms with E-state index in [2.05, 4.69) is 4.98 Å². The average Bonchev–Trinajstić information content (AvgIpc) is 2.65. The van der Waals surface area contributed by atoms with Crippen LogP contribution in [0.3, 0.4) is 0 Å². The molecule has 0 amide bonds. The summed E-state index contributed by atoms with van der Waals surface area (Å²) in [6, 6.07) is 3.12. The van der Waals surface area contributed by atoms with E-state index in [1.165, 1.54) is 6.07 Å². The number of aromatic nitrogens is 1. The SMILES string of the molecule is Cl.NC1CCN(c2ncccc2[N+](=O)[O-])C1. The Bertz CT molecular complexity index is 388. The molecule has 0 aromatic carbocycles. The highest BCUT2D eigenvalue weighted by Crippen LogP contribution is 2.27. The molecule has 88 valence electrons. The zero-order chi connectivity index (χ0) is 10.8. The minimum atomic E-state index is -0.411. The van der Waals surface area contributed by atoms with Crippen molar-refractivity contribution < 1.29 is 4.92 Å². The molecule has 6 nitrogen and oxygen atoms in total. The monoisotopic (exact) mass is 244 g/mol. The molecular formula is C9H13ClN4O2. The van der Waals surface area contributed by atoms with Crippen LogP contribution in [0.4, 0.5) is 11.5 Å². The zero-order valence-electron chi connectivity index (χ0n) is 8.57. The van der Waals surface area contributed by atoms with Crippen LogP contribution >= 0.6 is 12.4 Å². The molecule has 1 aromatic rings. The molecule has 1 aliphatic rings. The van der Waals surface area contributed by atoms with Crippen molar-refractivity contribution in [2.24, 2.45) is 5.73 Å². The number of nitro groups is 1. The Hall–Kier alpha value is -1.40. The van der Waals surface area contributed by atoms with E-state index in [-0.39, 0.29) is 24.1 Å². The van der Waals surface area contributed by atoms with Gasteiger partial charge in [0.2, 0.25) is 5.82 Å². The molecule has 1 fully saturated rings. The van der Waals surface area contributed by atoms with E-state index in [1.54, 1.807) is 12.3 Å². The quantitative estimate of drug-likeness (QED) is 0.618. The van der Waals surface area contributed by atoms with Gasteiger partial charge in [-0.05, 0) is 12.5 Å². The fourth-order valence-electron chi connectivity index (χ4n) is 1.75. The van der Waals surface area contributed by atoms with Crippen LogP contribution in [-0.2, 0) is 0 Å². The predicted molar refractivity (Wildman–Crippen MR) is 62.9 cm³/mol. The predicted octanol–water partition coefficient (Wildman–Crippen LogP) is 0.949. The number of pyridine rings is 1. The van der Waals surface area contributed by atoms with E-state index in [4.69, 9.17) is 5.73 Å². The Labute approximate surface area is 99.0 Å². The van der Waals surface area contributed by atoms with Crippen molar-refractivity contribution in [2.75, 3.05) is 18.0 Å². The highest BCUT2D eigenvalue weighted by Gasteiger charge is 2.26. The minimum absolute atomic E-state index is 0. The highest BCUT2D eigenvalue weighted by atomic mass is 35.5. The van der Waals surface area contributed by atoms with Gasteiger partial charge in [0.25, 0.3) is 0 Å². The summed E-state index contributed by atoms with van der Waals surface area (Å²) in [5, 5.41) is 10.8. The molecule has 1 saturated heterocycles. The van der Waals surface area contributed by atoms with Gasteiger partial charge in [0.15, 0.2) is 0 Å². The van der Waals surface area contributed by atoms with Gasteiger partial charge in [0.1, 0.15) is 0 Å². The van der Waals surface area contributed by atoms with Crippen LogP contribution in [-0.4, -0.2) is 29.0 Å². The van der Waals surface area contributed by atoms with E-state index in [9.17, 15) is 10.1 Å². The van der Waals surface area contributed by atoms with Crippen LogP contribution in [0.2, 0.25) is 0 Å². The first-order valence-corrected chi connectivity index (χ1v) is 4.78. The Morgan fingerprint density at radius 1 is 1.62 bits per heavy atom. The third-order valence-electron chi connectivity index (χ3n) is 2.49. The number of nitrogens with two attached hydrogens (primary N) is 1. The summed E-state index contributed by atoms with van der Waals surface area (Å²) in [7, 11) is 0. The molecule has 7 heteroatoms. The molecule has 2 N–H and O–H groups in total. The fraction of sp³-hybridized carbons (Fsp3) is 0.444. The van der Waals surface area contributed by atoms with Gasteiger partial charge in [-0.2, -0.15) is 0 Å². The Morgan fingerprint density at radius 2 is 2.38 bits per heavy atom. The zero-order valence-corrected chi connectivity index (χ0v) is 9.39. The van der Waals surface area contributed by atoms with Gasteiger partial charge in [-0.1, -0.05) is 0 Å². The standard InChI is InChI=1S/C9H12N4O2.ClH/c10-7-3-5-12(6-7)9-8(13(14)15)2-1-4-11-9;/h1-2,4,7H,3,5-6,10H2;1H. The maximum atomic E-state index is 10.8. The maximum Gasteiger partial charge on any atom is 0.311 e. The summed E-state index contributed by atoms with van der Waals surface area (Å²) < 4.78 is 0. The Balaban J connectivity index is 0.00000128. The Morgan fingerprint density at radius 3 is 2.94 bits per heavy atom. The first-order chi connectivity index (χ1) is 7.18. The number of hydrogen-bond donors (Lipinski definition) is 1. The van der Waals surface area contributed by atoms with Crippen LogP contribution in [0, 0.1) is 10.1 Å². The number of rotatable bonds is 2. The molecular weight excluding hydrogens is 232 g/mol. The molecule has 1 aromatic heterocycles. The van der Waals surface area contributed by atoms with Crippen LogP contribution < -0.4 is 10.6 Å². The number of anilines is 1. The first-order valence-electron chi connectivity index (χ1n) is 4.78. The van der Waals surface area contributed by atoms with Crippen molar-refractivity contribution in [3.05, 3.63) is 28.4 Å². The largest absolute Gasteiger partial charge is 0.349 e. The van der Waals surface area contributed by atoms with Crippen molar-refractivity contribution >= 4 is 23.9 Å². The van der Waals surface area contributed by atoms with Crippen LogP contribution in [0.25, 0.3) is 0 Å². The molecule has 2 rings (SSSR count). The lowest BCUT2D eigenvalue weighted by molar-refractivity contribution is -0.384. The van der Waals surface area contributed by atoms with E-state index in [0.29, 0.717) is 12.4 Å². The van der Waals surface area contributed by atoms with E-state index in [1.807, 2.05) is 4.90 Å². The topological polar surface area (TPSA) is 85.3 Å². The highest BCUT2D eigenvalue weighted by molar-refractivity contribution is 5.85. The normalized spacial score (nSPS) is 19.3. The summed E-state index contributed by atoms with van der Waals surface area (Å²) in [6.07, 6.45) is 2.42. The Kier molecular flexibility index (Phi) is 4.03. The van der Waals surface area contributed by atoms with Crippen LogP contribution in [0.1, 0.15) is 6.42 Å². The summed E-state index contributed by atoms with van der Waals surface area (Å²) in [5.74, 6) is 0.426. The average molecular weight is 245 g/mol. The molecule has 1 atom stereocenters. The molecule has 0 aliphatic carbocycles. The van der Waals surface area contributed by atoms with Gasteiger partial charge >= 0.3 is 5.69 Å². The van der Waals surface area contributed by atoms with Crippen LogP contribution in [0.5, 0.6) is 0 Å². The third kappa shape index (κ3) is 2.40. The summed E-state index contributed by atoms with van der Waals surface area (Å²) >= 11 is 0. The van der Waals surface area contributed by atoms with Crippen molar-refractivity contribution in [1.29, 1.82) is 0 Å². The lowest BCUT2D eigenvalue weighted by Gasteiger charge is -2.15. The lowest BCUT2D eigenvalue weighted by atomic mass is 10.3. The molecule has 0 bridgehead atoms. The summed E-state index contributed by atoms with van der Waals surface area (Å²) in [4.78, 5) is 16.3. The second kappa shape index (κ2) is 5.09. The second-order valence-corrected chi connectivity index (χ2v) is 3.60. The smallest absolute Gasteiger partial charge is 0.311 e. The summed E-state index contributed by atoms with van der Waals surface area (Å²) in [6.45, 7) is 1.37. The summed E-state index contributed by atoms with van der Waals surface area (Å²) in [5.41, 5.74) is 5.80. The molecule has 16 heavy (non-hydrogen) atoms. The second-order valence-electron chi connectivity index (χ2n) is 3.60. The number of nitrogens with zero attached hydrogens (tertiary/aromatic N) is 3.